The zero-order valence-corrected chi connectivity index (χ0v) is 8.90. The Hall–Kier alpha value is -1.63. The van der Waals surface area contributed by atoms with Gasteiger partial charge < -0.3 is 0 Å². The average Bonchev–Trinajstić information content (AvgIpc) is 2.25. The summed E-state index contributed by atoms with van der Waals surface area (Å²) in [5.41, 5.74) is 2.05. The van der Waals surface area contributed by atoms with Crippen molar-refractivity contribution in [2.75, 3.05) is 13.1 Å². The summed E-state index contributed by atoms with van der Waals surface area (Å²) in [5.74, 6) is 4.34. The van der Waals surface area contributed by atoms with E-state index >= 15 is 0 Å². The van der Waals surface area contributed by atoms with E-state index in [4.69, 9.17) is 16.4 Å². The van der Waals surface area contributed by atoms with Crippen molar-refractivity contribution in [3.63, 3.8) is 0 Å². The lowest BCUT2D eigenvalue weighted by Crippen LogP contribution is -2.46. The lowest BCUT2D eigenvalue weighted by Gasteiger charge is -2.28. The monoisotopic (exact) mass is 209 g/mol. The number of nitrogens with one attached hydrogen (secondary N) is 1. The Morgan fingerprint density at radius 2 is 1.87 bits per heavy atom. The van der Waals surface area contributed by atoms with Gasteiger partial charge in [0.2, 0.25) is 5.91 Å². The summed E-state index contributed by atoms with van der Waals surface area (Å²) in [6.45, 7) is 3.73. The fourth-order valence-electron chi connectivity index (χ4n) is 1.19. The lowest BCUT2D eigenvalue weighted by molar-refractivity contribution is -0.126. The van der Waals surface area contributed by atoms with Gasteiger partial charge in [-0.2, -0.15) is 10.5 Å². The molecule has 82 valence electrons. The predicted molar refractivity (Wildman–Crippen MR) is 53.8 cm³/mol. The highest BCUT2D eigenvalue weighted by atomic mass is 16.2. The highest BCUT2D eigenvalue weighted by molar-refractivity contribution is 5.78. The fourth-order valence-corrected chi connectivity index (χ4v) is 1.19. The number of hydrogen-bond acceptors (Lipinski definition) is 5. The second-order valence-corrected chi connectivity index (χ2v) is 3.26. The van der Waals surface area contributed by atoms with Gasteiger partial charge in [-0.05, 0) is 6.92 Å². The normalized spacial score (nSPS) is 13.7. The molecule has 0 heterocycles. The maximum Gasteiger partial charge on any atom is 0.238 e. The summed E-state index contributed by atoms with van der Waals surface area (Å²) in [4.78, 5) is 12.9. The van der Waals surface area contributed by atoms with Crippen molar-refractivity contribution in [3.8, 4) is 12.1 Å². The van der Waals surface area contributed by atoms with Crippen LogP contribution in [0.25, 0.3) is 0 Å². The van der Waals surface area contributed by atoms with Crippen LogP contribution in [-0.2, 0) is 4.79 Å². The molecule has 2 atom stereocenters. The largest absolute Gasteiger partial charge is 0.294 e. The van der Waals surface area contributed by atoms with Crippen molar-refractivity contribution in [1.82, 2.24) is 10.3 Å². The quantitative estimate of drug-likeness (QED) is 0.271. The SMILES string of the molecule is CC(C(=O)NN)C(C)N(CC#N)CC#N. The molecule has 0 radical (unpaired) electrons. The molecule has 0 spiro atoms. The van der Waals surface area contributed by atoms with Crippen LogP contribution in [0.15, 0.2) is 0 Å². The second-order valence-electron chi connectivity index (χ2n) is 3.26. The van der Waals surface area contributed by atoms with Crippen molar-refractivity contribution in [2.45, 2.75) is 19.9 Å². The zero-order valence-electron chi connectivity index (χ0n) is 8.90. The number of hydrazine groups is 1. The third-order valence-corrected chi connectivity index (χ3v) is 2.40. The van der Waals surface area contributed by atoms with E-state index in [-0.39, 0.29) is 31.0 Å². The van der Waals surface area contributed by atoms with Crippen LogP contribution in [0.5, 0.6) is 0 Å². The van der Waals surface area contributed by atoms with Gasteiger partial charge in [-0.15, -0.1) is 0 Å². The standard InChI is InChI=1S/C9H15N5O/c1-7(9(15)13-12)8(2)14(5-3-10)6-4-11/h7-8H,5-6,12H2,1-2H3,(H,13,15). The molecule has 0 fully saturated rings. The molecular formula is C9H15N5O. The smallest absolute Gasteiger partial charge is 0.238 e. The topological polar surface area (TPSA) is 106 Å². The summed E-state index contributed by atoms with van der Waals surface area (Å²) < 4.78 is 0. The minimum atomic E-state index is -0.364. The first kappa shape index (κ1) is 13.4. The van der Waals surface area contributed by atoms with Crippen LogP contribution < -0.4 is 11.3 Å². The van der Waals surface area contributed by atoms with Gasteiger partial charge in [-0.3, -0.25) is 15.1 Å². The Balaban J connectivity index is 4.49. The van der Waals surface area contributed by atoms with Crippen molar-refractivity contribution < 1.29 is 4.79 Å². The number of rotatable bonds is 5. The van der Waals surface area contributed by atoms with E-state index in [1.807, 2.05) is 12.1 Å². The number of hydrogen-bond donors (Lipinski definition) is 2. The Morgan fingerprint density at radius 3 is 2.20 bits per heavy atom. The lowest BCUT2D eigenvalue weighted by atomic mass is 10.0. The van der Waals surface area contributed by atoms with Gasteiger partial charge in [0, 0.05) is 6.04 Å². The first-order valence-electron chi connectivity index (χ1n) is 4.56. The van der Waals surface area contributed by atoms with Crippen LogP contribution in [0.4, 0.5) is 0 Å². The van der Waals surface area contributed by atoms with Gasteiger partial charge in [0.05, 0.1) is 31.1 Å². The van der Waals surface area contributed by atoms with Crippen LogP contribution in [0, 0.1) is 28.6 Å². The van der Waals surface area contributed by atoms with Crippen molar-refractivity contribution in [3.05, 3.63) is 0 Å². The molecule has 0 aliphatic rings. The minimum absolute atomic E-state index is 0.122. The maximum atomic E-state index is 11.2. The van der Waals surface area contributed by atoms with Gasteiger partial charge in [-0.1, -0.05) is 6.92 Å². The summed E-state index contributed by atoms with van der Waals surface area (Å²) in [7, 11) is 0. The Morgan fingerprint density at radius 1 is 1.40 bits per heavy atom. The number of carbonyl (C=O) groups is 1. The molecule has 6 nitrogen and oxygen atoms in total. The fraction of sp³-hybridized carbons (Fsp3) is 0.667. The number of amides is 1. The first-order valence-corrected chi connectivity index (χ1v) is 4.56. The molecule has 1 amide bonds. The summed E-state index contributed by atoms with van der Waals surface area (Å²) in [5, 5.41) is 17.1. The van der Waals surface area contributed by atoms with Crippen molar-refractivity contribution in [2.24, 2.45) is 11.8 Å². The zero-order chi connectivity index (χ0) is 11.8. The molecule has 0 saturated heterocycles. The Labute approximate surface area is 89.2 Å². The molecule has 6 heteroatoms. The molecule has 0 aromatic heterocycles. The molecular weight excluding hydrogens is 194 g/mol. The van der Waals surface area contributed by atoms with Crippen molar-refractivity contribution >= 4 is 5.91 Å². The molecule has 2 unspecified atom stereocenters. The molecule has 0 saturated carbocycles. The highest BCUT2D eigenvalue weighted by Crippen LogP contribution is 2.10. The predicted octanol–water partition coefficient (Wildman–Crippen LogP) is -0.650. The molecule has 0 rings (SSSR count). The van der Waals surface area contributed by atoms with Crippen LogP contribution in [-0.4, -0.2) is 29.9 Å². The molecule has 0 aliphatic carbocycles. The second kappa shape index (κ2) is 6.77. The van der Waals surface area contributed by atoms with E-state index in [1.165, 1.54) is 0 Å². The molecule has 0 bridgehead atoms. The van der Waals surface area contributed by atoms with Crippen LogP contribution in [0.1, 0.15) is 13.8 Å². The number of carbonyl (C=O) groups excluding carboxylic acids is 1. The Bertz CT molecular complexity index is 274. The molecule has 0 aliphatic heterocycles. The maximum absolute atomic E-state index is 11.2. The van der Waals surface area contributed by atoms with E-state index in [0.29, 0.717) is 0 Å². The highest BCUT2D eigenvalue weighted by Gasteiger charge is 2.24. The molecule has 3 N–H and O–H groups in total. The molecule has 0 aromatic carbocycles. The summed E-state index contributed by atoms with van der Waals surface area (Å²) in [6.07, 6.45) is 0. The summed E-state index contributed by atoms with van der Waals surface area (Å²) >= 11 is 0. The first-order chi connectivity index (χ1) is 7.08. The third kappa shape index (κ3) is 3.94. The van der Waals surface area contributed by atoms with Crippen LogP contribution >= 0.6 is 0 Å². The number of nitrogens with zero attached hydrogens (tertiary/aromatic N) is 3. The van der Waals surface area contributed by atoms with Crippen LogP contribution in [0.2, 0.25) is 0 Å². The summed E-state index contributed by atoms with van der Waals surface area (Å²) in [6, 6.07) is 3.71. The van der Waals surface area contributed by atoms with Gasteiger partial charge in [0.15, 0.2) is 0 Å². The van der Waals surface area contributed by atoms with E-state index in [1.54, 1.807) is 18.7 Å². The van der Waals surface area contributed by atoms with E-state index in [0.717, 1.165) is 0 Å². The van der Waals surface area contributed by atoms with Gasteiger partial charge >= 0.3 is 0 Å². The molecule has 0 aromatic rings. The molecule has 15 heavy (non-hydrogen) atoms. The average molecular weight is 209 g/mol. The van der Waals surface area contributed by atoms with E-state index in [2.05, 4.69) is 5.43 Å². The van der Waals surface area contributed by atoms with E-state index in [9.17, 15) is 4.79 Å². The minimum Gasteiger partial charge on any atom is -0.294 e. The van der Waals surface area contributed by atoms with Crippen molar-refractivity contribution in [1.29, 1.82) is 10.5 Å². The van der Waals surface area contributed by atoms with E-state index < -0.39 is 0 Å². The van der Waals surface area contributed by atoms with Gasteiger partial charge in [-0.25, -0.2) is 5.84 Å². The van der Waals surface area contributed by atoms with Gasteiger partial charge in [0.1, 0.15) is 0 Å². The third-order valence-electron chi connectivity index (χ3n) is 2.40. The number of nitrogens with two attached hydrogens (primary N) is 1. The number of nitriles is 2. The van der Waals surface area contributed by atoms with Crippen LogP contribution in [0.3, 0.4) is 0 Å². The Kier molecular flexibility index (Phi) is 6.03. The van der Waals surface area contributed by atoms with Gasteiger partial charge in [0.25, 0.3) is 0 Å².